The van der Waals surface area contributed by atoms with Gasteiger partial charge in [-0.15, -0.1) is 0 Å². The fourth-order valence-corrected chi connectivity index (χ4v) is 4.90. The number of aromatic amines is 1. The van der Waals surface area contributed by atoms with Gasteiger partial charge in [-0.25, -0.2) is 0 Å². The lowest BCUT2D eigenvalue weighted by Gasteiger charge is -2.23. The molecule has 0 unspecified atom stereocenters. The summed E-state index contributed by atoms with van der Waals surface area (Å²) in [7, 11) is 0. The van der Waals surface area contributed by atoms with Crippen LogP contribution >= 0.6 is 0 Å². The van der Waals surface area contributed by atoms with Gasteiger partial charge in [-0.2, -0.15) is 0 Å². The van der Waals surface area contributed by atoms with Crippen molar-refractivity contribution in [3.8, 4) is 0 Å². The number of fused-ring (bicyclic) bond motifs is 1. The number of benzene rings is 2. The summed E-state index contributed by atoms with van der Waals surface area (Å²) in [4.78, 5) is 41.9. The zero-order chi connectivity index (χ0) is 27.5. The van der Waals surface area contributed by atoms with E-state index in [4.69, 9.17) is 4.74 Å². The second-order valence-corrected chi connectivity index (χ2v) is 10.1. The van der Waals surface area contributed by atoms with E-state index < -0.39 is 18.0 Å². The summed E-state index contributed by atoms with van der Waals surface area (Å²) in [5.41, 5.74) is 3.01. The number of carbonyl (C=O) groups is 3. The minimum atomic E-state index is -0.598. The first-order valence-electron chi connectivity index (χ1n) is 13.6. The van der Waals surface area contributed by atoms with Crippen molar-refractivity contribution in [1.82, 2.24) is 15.6 Å². The Morgan fingerprint density at radius 3 is 2.69 bits per heavy atom. The van der Waals surface area contributed by atoms with Crippen molar-refractivity contribution >= 4 is 28.7 Å². The standard InChI is InChI=1S/C31H37N3O5/c35-20-25(16-22-10-4-3-5-11-22)33-29(36)18-23-12-6-1-2-7-15-30(37)39-21-26(34-31(23)38)17-24-19-32-28-14-9-8-13-27(24)28/h1,3-6,8-11,13-14,19,23,25-26,32,35H,2,7,12,15-18,20-21H2,(H,33,36)(H,34,38)/t23-,25-,26+/m1/s1. The molecule has 0 saturated heterocycles. The molecular formula is C31H37N3O5. The van der Waals surface area contributed by atoms with E-state index in [0.29, 0.717) is 38.5 Å². The highest BCUT2D eigenvalue weighted by molar-refractivity contribution is 5.86. The highest BCUT2D eigenvalue weighted by atomic mass is 16.5. The molecule has 206 valence electrons. The number of aromatic nitrogens is 1. The molecule has 8 heteroatoms. The van der Waals surface area contributed by atoms with E-state index >= 15 is 0 Å². The molecule has 0 bridgehead atoms. The Hall–Kier alpha value is -3.91. The van der Waals surface area contributed by atoms with Gasteiger partial charge < -0.3 is 25.5 Å². The van der Waals surface area contributed by atoms with Crippen molar-refractivity contribution in [3.05, 3.63) is 84.1 Å². The van der Waals surface area contributed by atoms with Crippen LogP contribution < -0.4 is 10.6 Å². The first kappa shape index (κ1) is 28.1. The number of hydrogen-bond acceptors (Lipinski definition) is 5. The predicted molar refractivity (Wildman–Crippen MR) is 150 cm³/mol. The fraction of sp³-hybridized carbons (Fsp3) is 0.387. The Morgan fingerprint density at radius 2 is 1.87 bits per heavy atom. The molecule has 2 heterocycles. The number of rotatable bonds is 8. The zero-order valence-corrected chi connectivity index (χ0v) is 22.1. The summed E-state index contributed by atoms with van der Waals surface area (Å²) in [6.07, 6.45) is 8.78. The third-order valence-electron chi connectivity index (χ3n) is 6.99. The molecule has 0 saturated carbocycles. The number of H-pyrrole nitrogens is 1. The molecule has 2 aromatic carbocycles. The van der Waals surface area contributed by atoms with Crippen molar-refractivity contribution in [1.29, 1.82) is 0 Å². The van der Waals surface area contributed by atoms with Gasteiger partial charge in [0.2, 0.25) is 11.8 Å². The first-order chi connectivity index (χ1) is 19.0. The van der Waals surface area contributed by atoms with E-state index in [1.165, 1.54) is 0 Å². The van der Waals surface area contributed by atoms with Gasteiger partial charge in [0.1, 0.15) is 6.61 Å². The highest BCUT2D eigenvalue weighted by Crippen LogP contribution is 2.20. The normalized spacial score (nSPS) is 19.7. The van der Waals surface area contributed by atoms with Crippen molar-refractivity contribution in [2.45, 2.75) is 57.0 Å². The minimum absolute atomic E-state index is 0.0128. The van der Waals surface area contributed by atoms with Gasteiger partial charge >= 0.3 is 5.97 Å². The maximum atomic E-state index is 13.5. The number of carbonyl (C=O) groups excluding carboxylic acids is 3. The lowest BCUT2D eigenvalue weighted by atomic mass is 9.97. The molecule has 0 aliphatic carbocycles. The molecule has 3 aromatic rings. The van der Waals surface area contributed by atoms with Gasteiger partial charge in [0.05, 0.1) is 24.6 Å². The SMILES string of the molecule is O=C(C[C@H]1CC=CCCCC(=O)OC[C@H](Cc2c[nH]c3ccccc23)NC1=O)N[C@@H](CO)Cc1ccccc1. The molecule has 39 heavy (non-hydrogen) atoms. The summed E-state index contributed by atoms with van der Waals surface area (Å²) < 4.78 is 5.52. The van der Waals surface area contributed by atoms with Gasteiger partial charge in [-0.3, -0.25) is 14.4 Å². The van der Waals surface area contributed by atoms with Crippen molar-refractivity contribution in [2.75, 3.05) is 13.2 Å². The molecule has 4 N–H and O–H groups in total. The third-order valence-corrected chi connectivity index (χ3v) is 6.99. The summed E-state index contributed by atoms with van der Waals surface area (Å²) in [6, 6.07) is 16.7. The van der Waals surface area contributed by atoms with Crippen molar-refractivity contribution in [3.63, 3.8) is 0 Å². The third kappa shape index (κ3) is 8.55. The number of nitrogens with one attached hydrogen (secondary N) is 3. The number of cyclic esters (lactones) is 1. The van der Waals surface area contributed by atoms with Crippen LogP contribution in [-0.2, 0) is 32.0 Å². The molecule has 1 aromatic heterocycles. The molecular weight excluding hydrogens is 494 g/mol. The maximum absolute atomic E-state index is 13.5. The lowest BCUT2D eigenvalue weighted by Crippen LogP contribution is -2.45. The van der Waals surface area contributed by atoms with Crippen LogP contribution in [-0.4, -0.2) is 53.2 Å². The predicted octanol–water partition coefficient (Wildman–Crippen LogP) is 3.59. The van der Waals surface area contributed by atoms with E-state index in [1.807, 2.05) is 72.9 Å². The van der Waals surface area contributed by atoms with Crippen LogP contribution in [0.1, 0.15) is 43.2 Å². The quantitative estimate of drug-likeness (QED) is 0.262. The van der Waals surface area contributed by atoms with Crippen LogP contribution in [0.5, 0.6) is 0 Å². The van der Waals surface area contributed by atoms with Crippen LogP contribution in [0.15, 0.2) is 72.9 Å². The summed E-state index contributed by atoms with van der Waals surface area (Å²) in [6.45, 7) is -0.143. The number of esters is 1. The van der Waals surface area contributed by atoms with Crippen molar-refractivity contribution < 1.29 is 24.2 Å². The van der Waals surface area contributed by atoms with E-state index in [9.17, 15) is 19.5 Å². The Bertz CT molecular complexity index is 1270. The Kier molecular flexibility index (Phi) is 10.3. The number of ether oxygens (including phenoxy) is 1. The summed E-state index contributed by atoms with van der Waals surface area (Å²) in [5, 5.41) is 16.8. The second kappa shape index (κ2) is 14.3. The van der Waals surface area contributed by atoms with Crippen LogP contribution in [0.2, 0.25) is 0 Å². The molecule has 4 rings (SSSR count). The number of amides is 2. The molecule has 1 aliphatic heterocycles. The summed E-state index contributed by atoms with van der Waals surface area (Å²) >= 11 is 0. The zero-order valence-electron chi connectivity index (χ0n) is 22.1. The Labute approximate surface area is 228 Å². The average Bonchev–Trinajstić information content (AvgIpc) is 3.35. The monoisotopic (exact) mass is 531 g/mol. The van der Waals surface area contributed by atoms with Crippen LogP contribution in [0.3, 0.4) is 0 Å². The van der Waals surface area contributed by atoms with Gasteiger partial charge in [-0.1, -0.05) is 60.7 Å². The van der Waals surface area contributed by atoms with Crippen LogP contribution in [0.25, 0.3) is 10.9 Å². The van der Waals surface area contributed by atoms with E-state index in [2.05, 4.69) is 15.6 Å². The number of aliphatic hydroxyl groups excluding tert-OH is 1. The molecule has 0 radical (unpaired) electrons. The average molecular weight is 532 g/mol. The van der Waals surface area contributed by atoms with E-state index in [-0.39, 0.29) is 37.4 Å². The molecule has 8 nitrogen and oxygen atoms in total. The highest BCUT2D eigenvalue weighted by Gasteiger charge is 2.26. The Balaban J connectivity index is 1.45. The van der Waals surface area contributed by atoms with E-state index in [1.54, 1.807) is 0 Å². The van der Waals surface area contributed by atoms with Gasteiger partial charge in [0, 0.05) is 29.9 Å². The lowest BCUT2D eigenvalue weighted by molar-refractivity contribution is -0.145. The maximum Gasteiger partial charge on any atom is 0.305 e. The number of para-hydroxylation sites is 1. The number of aliphatic hydroxyl groups is 1. The van der Waals surface area contributed by atoms with E-state index in [0.717, 1.165) is 22.0 Å². The molecule has 3 atom stereocenters. The first-order valence-corrected chi connectivity index (χ1v) is 13.6. The largest absolute Gasteiger partial charge is 0.463 e. The van der Waals surface area contributed by atoms with Gasteiger partial charge in [0.25, 0.3) is 0 Å². The van der Waals surface area contributed by atoms with Gasteiger partial charge in [0.15, 0.2) is 0 Å². The molecule has 1 aliphatic rings. The number of hydrogen-bond donors (Lipinski definition) is 4. The minimum Gasteiger partial charge on any atom is -0.463 e. The molecule has 0 spiro atoms. The smallest absolute Gasteiger partial charge is 0.305 e. The van der Waals surface area contributed by atoms with Crippen LogP contribution in [0.4, 0.5) is 0 Å². The second-order valence-electron chi connectivity index (χ2n) is 10.1. The molecule has 0 fully saturated rings. The summed E-state index contributed by atoms with van der Waals surface area (Å²) in [5.74, 6) is -1.44. The van der Waals surface area contributed by atoms with Crippen molar-refractivity contribution in [2.24, 2.45) is 5.92 Å². The van der Waals surface area contributed by atoms with Crippen LogP contribution in [0, 0.1) is 5.92 Å². The van der Waals surface area contributed by atoms with Gasteiger partial charge in [-0.05, 0) is 49.3 Å². The molecule has 2 amide bonds. The topological polar surface area (TPSA) is 121 Å². The Morgan fingerprint density at radius 1 is 1.08 bits per heavy atom. The number of allylic oxidation sites excluding steroid dienone is 2. The fourth-order valence-electron chi connectivity index (χ4n) is 4.90.